The minimum absolute atomic E-state index is 0.149. The van der Waals surface area contributed by atoms with E-state index in [9.17, 15) is 4.79 Å². The molecule has 0 unspecified atom stereocenters. The lowest BCUT2D eigenvalue weighted by Gasteiger charge is -2.08. The largest absolute Gasteiger partial charge is 0.405 e. The fourth-order valence-electron chi connectivity index (χ4n) is 3.04. The summed E-state index contributed by atoms with van der Waals surface area (Å²) in [5.74, 6) is 0. The molecule has 0 aromatic carbocycles. The van der Waals surface area contributed by atoms with Crippen molar-refractivity contribution in [3.8, 4) is 0 Å². The third kappa shape index (κ3) is 3.56. The molecule has 3 rings (SSSR count). The molecule has 0 aliphatic rings. The van der Waals surface area contributed by atoms with Crippen LogP contribution < -0.4 is 22.8 Å². The van der Waals surface area contributed by atoms with E-state index in [0.717, 1.165) is 33.6 Å². The van der Waals surface area contributed by atoms with E-state index >= 15 is 0 Å². The molecule has 3 aromatic heterocycles. The van der Waals surface area contributed by atoms with Crippen LogP contribution in [0.2, 0.25) is 0 Å². The molecule has 10 heteroatoms. The van der Waals surface area contributed by atoms with Crippen LogP contribution in [0.15, 0.2) is 39.5 Å². The van der Waals surface area contributed by atoms with Crippen molar-refractivity contribution in [3.05, 3.63) is 45.1 Å². The molecule has 0 fully saturated rings. The summed E-state index contributed by atoms with van der Waals surface area (Å²) in [5.41, 5.74) is 19.5. The van der Waals surface area contributed by atoms with Gasteiger partial charge in [0.05, 0.1) is 22.4 Å². The SMILES string of the molecule is CN=CC(CN)=C(N)Cn1ncc2c3sc(CC/C=C\N)nc3n(C)c2c1=O. The van der Waals surface area contributed by atoms with Crippen LogP contribution in [0.1, 0.15) is 11.4 Å². The highest BCUT2D eigenvalue weighted by Gasteiger charge is 2.18. The molecule has 0 spiro atoms. The number of hydrogen-bond donors (Lipinski definition) is 3. The van der Waals surface area contributed by atoms with Crippen LogP contribution in [-0.4, -0.2) is 39.1 Å². The lowest BCUT2D eigenvalue weighted by molar-refractivity contribution is 0.629. The van der Waals surface area contributed by atoms with E-state index < -0.39 is 0 Å². The lowest BCUT2D eigenvalue weighted by Crippen LogP contribution is -2.28. The van der Waals surface area contributed by atoms with Crippen molar-refractivity contribution in [1.82, 2.24) is 19.3 Å². The molecule has 28 heavy (non-hydrogen) atoms. The van der Waals surface area contributed by atoms with E-state index in [1.54, 1.807) is 30.8 Å². The van der Waals surface area contributed by atoms with Gasteiger partial charge in [-0.2, -0.15) is 5.10 Å². The molecule has 0 amide bonds. The van der Waals surface area contributed by atoms with Crippen LogP contribution in [0.25, 0.3) is 21.3 Å². The average Bonchev–Trinajstić information content (AvgIpc) is 3.21. The van der Waals surface area contributed by atoms with Gasteiger partial charge in [-0.3, -0.25) is 9.79 Å². The normalized spacial score (nSPS) is 13.4. The number of rotatable bonds is 7. The molecule has 148 valence electrons. The quantitative estimate of drug-likeness (QED) is 0.496. The number of aromatic nitrogens is 4. The Balaban J connectivity index is 2.04. The number of aliphatic imine (C=N–C) groups is 1. The highest BCUT2D eigenvalue weighted by Crippen LogP contribution is 2.31. The van der Waals surface area contributed by atoms with Crippen molar-refractivity contribution >= 4 is 38.8 Å². The first kappa shape index (κ1) is 19.8. The zero-order valence-electron chi connectivity index (χ0n) is 15.9. The summed E-state index contributed by atoms with van der Waals surface area (Å²) in [7, 11) is 3.48. The van der Waals surface area contributed by atoms with Gasteiger partial charge in [0.2, 0.25) is 0 Å². The van der Waals surface area contributed by atoms with Crippen LogP contribution in [0, 0.1) is 0 Å². The predicted octanol–water partition coefficient (Wildman–Crippen LogP) is 0.622. The van der Waals surface area contributed by atoms with Crippen molar-refractivity contribution in [2.24, 2.45) is 29.2 Å². The third-order valence-electron chi connectivity index (χ3n) is 4.47. The van der Waals surface area contributed by atoms with Crippen molar-refractivity contribution in [3.63, 3.8) is 0 Å². The highest BCUT2D eigenvalue weighted by atomic mass is 32.1. The molecule has 0 aliphatic carbocycles. The molecule has 3 aromatic rings. The van der Waals surface area contributed by atoms with Crippen LogP contribution in [-0.2, 0) is 20.0 Å². The van der Waals surface area contributed by atoms with E-state index in [1.807, 2.05) is 17.7 Å². The summed E-state index contributed by atoms with van der Waals surface area (Å²) in [5, 5.41) is 6.12. The van der Waals surface area contributed by atoms with Gasteiger partial charge >= 0.3 is 0 Å². The molecular formula is C18H24N8OS. The first-order valence-corrected chi connectivity index (χ1v) is 9.63. The number of aryl methyl sites for hydroxylation is 2. The molecule has 0 atom stereocenters. The van der Waals surface area contributed by atoms with E-state index in [0.29, 0.717) is 16.8 Å². The van der Waals surface area contributed by atoms with Crippen LogP contribution in [0.5, 0.6) is 0 Å². The second-order valence-corrected chi connectivity index (χ2v) is 7.38. The number of nitrogens with two attached hydrogens (primary N) is 3. The molecule has 0 aliphatic heterocycles. The monoisotopic (exact) mass is 400 g/mol. The standard InChI is InChI=1S/C18H24N8OS/c1-22-8-11(7-20)13(21)10-26-18(27)15-12(9-23-26)16-17(25(15)2)24-14(28-16)5-3-4-6-19/h4,6,8-9H,3,5,7,10,19-21H2,1-2H3/b6-4-,13-11?,22-8?. The molecule has 0 saturated carbocycles. The molecule has 9 nitrogen and oxygen atoms in total. The smallest absolute Gasteiger partial charge is 0.291 e. The third-order valence-corrected chi connectivity index (χ3v) is 5.61. The average molecular weight is 401 g/mol. The first-order chi connectivity index (χ1) is 13.5. The predicted molar refractivity (Wildman–Crippen MR) is 114 cm³/mol. The Morgan fingerprint density at radius 3 is 2.89 bits per heavy atom. The zero-order valence-corrected chi connectivity index (χ0v) is 16.7. The number of fused-ring (bicyclic) bond motifs is 3. The number of hydrogen-bond acceptors (Lipinski definition) is 8. The fraction of sp³-hybridized carbons (Fsp3) is 0.333. The molecular weight excluding hydrogens is 376 g/mol. The number of allylic oxidation sites excluding steroid dienone is 2. The van der Waals surface area contributed by atoms with Crippen LogP contribution >= 0.6 is 11.3 Å². The topological polar surface area (TPSA) is 143 Å². The van der Waals surface area contributed by atoms with E-state index in [1.165, 1.54) is 10.9 Å². The minimum Gasteiger partial charge on any atom is -0.405 e. The zero-order chi connectivity index (χ0) is 20.3. The lowest BCUT2D eigenvalue weighted by atomic mass is 10.2. The maximum Gasteiger partial charge on any atom is 0.291 e. The first-order valence-electron chi connectivity index (χ1n) is 8.82. The molecule has 6 N–H and O–H groups in total. The second kappa shape index (κ2) is 8.36. The Bertz CT molecular complexity index is 1150. The van der Waals surface area contributed by atoms with Crippen molar-refractivity contribution < 1.29 is 0 Å². The van der Waals surface area contributed by atoms with Crippen molar-refractivity contribution in [1.29, 1.82) is 0 Å². The highest BCUT2D eigenvalue weighted by molar-refractivity contribution is 7.19. The summed E-state index contributed by atoms with van der Waals surface area (Å²) in [6, 6.07) is 0. The molecule has 0 radical (unpaired) electrons. The second-order valence-electron chi connectivity index (χ2n) is 6.30. The van der Waals surface area contributed by atoms with Gasteiger partial charge in [-0.1, -0.05) is 6.08 Å². The van der Waals surface area contributed by atoms with Gasteiger partial charge in [-0.05, 0) is 12.6 Å². The summed E-state index contributed by atoms with van der Waals surface area (Å²) in [4.78, 5) is 21.6. The summed E-state index contributed by atoms with van der Waals surface area (Å²) in [6.07, 6.45) is 8.38. The van der Waals surface area contributed by atoms with Gasteiger partial charge in [0, 0.05) is 49.9 Å². The Kier molecular flexibility index (Phi) is 5.90. The maximum absolute atomic E-state index is 13.0. The van der Waals surface area contributed by atoms with Gasteiger partial charge in [-0.15, -0.1) is 11.3 Å². The van der Waals surface area contributed by atoms with Crippen molar-refractivity contribution in [2.75, 3.05) is 13.6 Å². The Hall–Kier alpha value is -2.98. The fourth-order valence-corrected chi connectivity index (χ4v) is 4.16. The summed E-state index contributed by atoms with van der Waals surface area (Å²) >= 11 is 1.58. The van der Waals surface area contributed by atoms with Crippen molar-refractivity contribution in [2.45, 2.75) is 19.4 Å². The Labute approximate surface area is 165 Å². The molecule has 0 saturated heterocycles. The van der Waals surface area contributed by atoms with Gasteiger partial charge in [0.25, 0.3) is 5.56 Å². The Morgan fingerprint density at radius 2 is 2.21 bits per heavy atom. The summed E-state index contributed by atoms with van der Waals surface area (Å²) < 4.78 is 4.12. The minimum atomic E-state index is -0.217. The van der Waals surface area contributed by atoms with Gasteiger partial charge in [-0.25, -0.2) is 9.67 Å². The van der Waals surface area contributed by atoms with E-state index in [2.05, 4.69) is 15.1 Å². The van der Waals surface area contributed by atoms with Crippen LogP contribution in [0.4, 0.5) is 0 Å². The number of nitrogens with zero attached hydrogens (tertiary/aromatic N) is 5. The Morgan fingerprint density at radius 1 is 1.43 bits per heavy atom. The van der Waals surface area contributed by atoms with E-state index in [-0.39, 0.29) is 18.6 Å². The molecule has 3 heterocycles. The van der Waals surface area contributed by atoms with E-state index in [4.69, 9.17) is 17.2 Å². The van der Waals surface area contributed by atoms with Crippen LogP contribution in [0.3, 0.4) is 0 Å². The maximum atomic E-state index is 13.0. The number of thiazole rings is 1. The van der Waals surface area contributed by atoms with Gasteiger partial charge in [0.1, 0.15) is 5.52 Å². The summed E-state index contributed by atoms with van der Waals surface area (Å²) in [6.45, 7) is 0.391. The van der Waals surface area contributed by atoms with Gasteiger partial charge in [0.15, 0.2) is 5.65 Å². The van der Waals surface area contributed by atoms with Gasteiger partial charge < -0.3 is 21.8 Å². The molecule has 0 bridgehead atoms.